The van der Waals surface area contributed by atoms with Crippen molar-refractivity contribution in [2.75, 3.05) is 32.1 Å². The summed E-state index contributed by atoms with van der Waals surface area (Å²) in [6.45, 7) is 3.45. The monoisotopic (exact) mass is 471 g/mol. The highest BCUT2D eigenvalue weighted by molar-refractivity contribution is 6.07. The summed E-state index contributed by atoms with van der Waals surface area (Å²) in [6, 6.07) is 11.5. The van der Waals surface area contributed by atoms with E-state index in [0.717, 1.165) is 49.0 Å². The van der Waals surface area contributed by atoms with Crippen LogP contribution in [0, 0.1) is 5.92 Å². The van der Waals surface area contributed by atoms with Crippen molar-refractivity contribution in [1.82, 2.24) is 29.3 Å². The Bertz CT molecular complexity index is 1330. The zero-order valence-corrected chi connectivity index (χ0v) is 19.8. The number of nitrogens with zero attached hydrogens (tertiary/aromatic N) is 6. The van der Waals surface area contributed by atoms with Crippen molar-refractivity contribution in [3.05, 3.63) is 66.2 Å². The molecular formula is C26H29N7O2. The van der Waals surface area contributed by atoms with Crippen LogP contribution in [0.5, 0.6) is 5.75 Å². The molecule has 4 aromatic rings. The van der Waals surface area contributed by atoms with Gasteiger partial charge < -0.3 is 15.0 Å². The van der Waals surface area contributed by atoms with Crippen molar-refractivity contribution in [3.63, 3.8) is 0 Å². The third kappa shape index (κ3) is 4.51. The maximum Gasteiger partial charge on any atom is 0.262 e. The standard InChI is InChI=1S/C26H29N7O2/c1-35-21-7-5-20(6-8-21)33-24(29-26(34)22-16-28-32-12-2-11-27-25(22)32)15-23(30-33)19-9-13-31(14-10-19)17-18-3-4-18/h2,5-8,11-12,15-16,18-19H,3-4,9-10,13-14,17H2,1H3,(H,29,34). The Morgan fingerprint density at radius 3 is 2.69 bits per heavy atom. The lowest BCUT2D eigenvalue weighted by atomic mass is 9.93. The number of ether oxygens (including phenoxy) is 1. The Labute approximate surface area is 203 Å². The van der Waals surface area contributed by atoms with Gasteiger partial charge in [-0.2, -0.15) is 10.2 Å². The minimum atomic E-state index is -0.265. The molecule has 1 aliphatic carbocycles. The Hall–Kier alpha value is -3.72. The topological polar surface area (TPSA) is 89.6 Å². The largest absolute Gasteiger partial charge is 0.497 e. The van der Waals surface area contributed by atoms with Crippen LogP contribution in [0.3, 0.4) is 0 Å². The average Bonchev–Trinajstić information content (AvgIpc) is 3.45. The number of hydrogen-bond acceptors (Lipinski definition) is 6. The molecule has 1 aromatic carbocycles. The number of likely N-dealkylation sites (tertiary alicyclic amines) is 1. The fourth-order valence-electron chi connectivity index (χ4n) is 4.86. The van der Waals surface area contributed by atoms with Crippen LogP contribution in [0.4, 0.5) is 5.82 Å². The smallest absolute Gasteiger partial charge is 0.262 e. The fourth-order valence-corrected chi connectivity index (χ4v) is 4.86. The first-order chi connectivity index (χ1) is 17.2. The lowest BCUT2D eigenvalue weighted by Gasteiger charge is -2.31. The average molecular weight is 472 g/mol. The number of carbonyl (C=O) groups is 1. The highest BCUT2D eigenvalue weighted by atomic mass is 16.5. The van der Waals surface area contributed by atoms with Crippen molar-refractivity contribution in [1.29, 1.82) is 0 Å². The number of benzene rings is 1. The zero-order valence-electron chi connectivity index (χ0n) is 19.8. The number of fused-ring (bicyclic) bond motifs is 1. The minimum Gasteiger partial charge on any atom is -0.497 e. The maximum atomic E-state index is 13.2. The molecule has 2 aliphatic rings. The molecule has 1 saturated carbocycles. The number of methoxy groups -OCH3 is 1. The Balaban J connectivity index is 1.28. The van der Waals surface area contributed by atoms with Crippen LogP contribution in [0.1, 0.15) is 47.7 Å². The van der Waals surface area contributed by atoms with Gasteiger partial charge in [0, 0.05) is 30.9 Å². The summed E-state index contributed by atoms with van der Waals surface area (Å²) in [6.07, 6.45) is 9.91. The molecule has 0 unspecified atom stereocenters. The predicted octanol–water partition coefficient (Wildman–Crippen LogP) is 3.77. The first-order valence-electron chi connectivity index (χ1n) is 12.2. The van der Waals surface area contributed by atoms with E-state index in [1.807, 2.05) is 35.0 Å². The van der Waals surface area contributed by atoms with Gasteiger partial charge in [0.15, 0.2) is 5.65 Å². The molecule has 6 rings (SSSR count). The van der Waals surface area contributed by atoms with Gasteiger partial charge in [0.2, 0.25) is 0 Å². The van der Waals surface area contributed by atoms with Crippen molar-refractivity contribution in [2.24, 2.45) is 5.92 Å². The molecule has 0 spiro atoms. The SMILES string of the molecule is COc1ccc(-n2nc(C3CCN(CC4CC4)CC3)cc2NC(=O)c2cnn3cccnc23)cc1. The minimum absolute atomic E-state index is 0.265. The van der Waals surface area contributed by atoms with Gasteiger partial charge in [0.05, 0.1) is 24.7 Å². The summed E-state index contributed by atoms with van der Waals surface area (Å²) in [5, 5.41) is 12.3. The van der Waals surface area contributed by atoms with Gasteiger partial charge in [0.25, 0.3) is 5.91 Å². The molecule has 35 heavy (non-hydrogen) atoms. The van der Waals surface area contributed by atoms with Crippen LogP contribution >= 0.6 is 0 Å². The lowest BCUT2D eigenvalue weighted by molar-refractivity contribution is 0.102. The summed E-state index contributed by atoms with van der Waals surface area (Å²) in [5.41, 5.74) is 2.81. The molecule has 3 aromatic heterocycles. The number of aromatic nitrogens is 5. The number of nitrogens with one attached hydrogen (secondary N) is 1. The molecule has 0 atom stereocenters. The van der Waals surface area contributed by atoms with Crippen LogP contribution in [0.25, 0.3) is 11.3 Å². The number of anilines is 1. The molecular weight excluding hydrogens is 442 g/mol. The van der Waals surface area contributed by atoms with E-state index in [1.165, 1.54) is 19.4 Å². The summed E-state index contributed by atoms with van der Waals surface area (Å²) in [7, 11) is 1.65. The molecule has 4 heterocycles. The second kappa shape index (κ2) is 9.14. The van der Waals surface area contributed by atoms with E-state index in [1.54, 1.807) is 36.3 Å². The van der Waals surface area contributed by atoms with Gasteiger partial charge in [0.1, 0.15) is 17.1 Å². The molecule has 1 aliphatic heterocycles. The molecule has 0 bridgehead atoms. The molecule has 1 saturated heterocycles. The van der Waals surface area contributed by atoms with Gasteiger partial charge in [-0.1, -0.05) is 0 Å². The molecule has 180 valence electrons. The summed E-state index contributed by atoms with van der Waals surface area (Å²) < 4.78 is 8.71. The summed E-state index contributed by atoms with van der Waals surface area (Å²) in [4.78, 5) is 20.1. The van der Waals surface area contributed by atoms with E-state index in [9.17, 15) is 4.79 Å². The van der Waals surface area contributed by atoms with Crippen molar-refractivity contribution in [2.45, 2.75) is 31.6 Å². The fraction of sp³-hybridized carbons (Fsp3) is 0.385. The number of amides is 1. The third-order valence-electron chi connectivity index (χ3n) is 7.03. The highest BCUT2D eigenvalue weighted by Crippen LogP contribution is 2.34. The van der Waals surface area contributed by atoms with E-state index in [-0.39, 0.29) is 5.91 Å². The van der Waals surface area contributed by atoms with Crippen molar-refractivity contribution < 1.29 is 9.53 Å². The van der Waals surface area contributed by atoms with E-state index < -0.39 is 0 Å². The number of piperidine rings is 1. The molecule has 0 radical (unpaired) electrons. The first-order valence-corrected chi connectivity index (χ1v) is 12.2. The number of carbonyl (C=O) groups excluding carboxylic acids is 1. The van der Waals surface area contributed by atoms with Gasteiger partial charge in [-0.15, -0.1) is 0 Å². The Kier molecular flexibility index (Phi) is 5.69. The Morgan fingerprint density at radius 1 is 1.14 bits per heavy atom. The zero-order chi connectivity index (χ0) is 23.8. The molecule has 1 amide bonds. The second-order valence-corrected chi connectivity index (χ2v) is 9.48. The van der Waals surface area contributed by atoms with Gasteiger partial charge in [-0.25, -0.2) is 14.2 Å². The third-order valence-corrected chi connectivity index (χ3v) is 7.03. The second-order valence-electron chi connectivity index (χ2n) is 9.48. The van der Waals surface area contributed by atoms with E-state index in [4.69, 9.17) is 9.84 Å². The number of hydrogen-bond donors (Lipinski definition) is 1. The highest BCUT2D eigenvalue weighted by Gasteiger charge is 2.29. The van der Waals surface area contributed by atoms with E-state index >= 15 is 0 Å². The van der Waals surface area contributed by atoms with Crippen LogP contribution < -0.4 is 10.1 Å². The van der Waals surface area contributed by atoms with Crippen LogP contribution in [0.15, 0.2) is 55.0 Å². The molecule has 9 nitrogen and oxygen atoms in total. The molecule has 9 heteroatoms. The normalized spacial score (nSPS) is 17.1. The summed E-state index contributed by atoms with van der Waals surface area (Å²) >= 11 is 0. The molecule has 1 N–H and O–H groups in total. The molecule has 2 fully saturated rings. The quantitative estimate of drug-likeness (QED) is 0.441. The number of rotatable bonds is 7. The first kappa shape index (κ1) is 21.8. The van der Waals surface area contributed by atoms with Crippen LogP contribution in [0.2, 0.25) is 0 Å². The van der Waals surface area contributed by atoms with Gasteiger partial charge >= 0.3 is 0 Å². The van der Waals surface area contributed by atoms with Crippen LogP contribution in [-0.4, -0.2) is 61.9 Å². The van der Waals surface area contributed by atoms with Gasteiger partial charge in [-0.3, -0.25) is 4.79 Å². The van der Waals surface area contributed by atoms with E-state index in [0.29, 0.717) is 22.9 Å². The van der Waals surface area contributed by atoms with Crippen LogP contribution in [-0.2, 0) is 0 Å². The van der Waals surface area contributed by atoms with Gasteiger partial charge in [-0.05, 0) is 75.0 Å². The van der Waals surface area contributed by atoms with E-state index in [2.05, 4.69) is 20.3 Å². The predicted molar refractivity (Wildman–Crippen MR) is 132 cm³/mol. The lowest BCUT2D eigenvalue weighted by Crippen LogP contribution is -2.34. The van der Waals surface area contributed by atoms with Crippen molar-refractivity contribution in [3.8, 4) is 11.4 Å². The maximum absolute atomic E-state index is 13.2. The Morgan fingerprint density at radius 2 is 1.94 bits per heavy atom. The summed E-state index contributed by atoms with van der Waals surface area (Å²) in [5.74, 6) is 2.42. The van der Waals surface area contributed by atoms with Crippen molar-refractivity contribution >= 4 is 17.4 Å².